The molecule has 0 aromatic rings. The van der Waals surface area contributed by atoms with Gasteiger partial charge in [0.15, 0.2) is 0 Å². The van der Waals surface area contributed by atoms with E-state index in [0.29, 0.717) is 0 Å². The van der Waals surface area contributed by atoms with Crippen molar-refractivity contribution >= 4 is 0 Å². The van der Waals surface area contributed by atoms with Crippen LogP contribution in [0.25, 0.3) is 0 Å². The second-order valence-electron chi connectivity index (χ2n) is 6.33. The molecule has 2 unspecified atom stereocenters. The highest BCUT2D eigenvalue weighted by Crippen LogP contribution is 2.33. The van der Waals surface area contributed by atoms with E-state index in [2.05, 4.69) is 26.1 Å². The van der Waals surface area contributed by atoms with Gasteiger partial charge in [-0.1, -0.05) is 59.3 Å². The summed E-state index contributed by atoms with van der Waals surface area (Å²) in [4.78, 5) is 0. The third kappa shape index (κ3) is 6.45. The fourth-order valence-electron chi connectivity index (χ4n) is 3.19. The second kappa shape index (κ2) is 8.97. The maximum absolute atomic E-state index is 3.63. The van der Waals surface area contributed by atoms with Crippen molar-refractivity contribution in [2.24, 2.45) is 17.8 Å². The van der Waals surface area contributed by atoms with Crippen LogP contribution >= 0.6 is 0 Å². The zero-order valence-electron chi connectivity index (χ0n) is 12.3. The van der Waals surface area contributed by atoms with Crippen LogP contribution in [0.4, 0.5) is 0 Å². The van der Waals surface area contributed by atoms with Crippen molar-refractivity contribution in [2.45, 2.75) is 72.1 Å². The molecule has 0 heterocycles. The molecule has 1 fully saturated rings. The van der Waals surface area contributed by atoms with Crippen LogP contribution in [0.1, 0.15) is 72.1 Å². The molecule has 0 radical (unpaired) electrons. The van der Waals surface area contributed by atoms with Crippen molar-refractivity contribution in [2.75, 3.05) is 13.1 Å². The van der Waals surface area contributed by atoms with Crippen LogP contribution < -0.4 is 5.32 Å². The van der Waals surface area contributed by atoms with Crippen LogP contribution in [-0.2, 0) is 0 Å². The molecule has 1 nitrogen and oxygen atoms in total. The first kappa shape index (κ1) is 15.0. The Morgan fingerprint density at radius 2 is 1.82 bits per heavy atom. The van der Waals surface area contributed by atoms with E-state index in [-0.39, 0.29) is 0 Å². The summed E-state index contributed by atoms with van der Waals surface area (Å²) in [6.07, 6.45) is 11.6. The van der Waals surface area contributed by atoms with Gasteiger partial charge in [-0.15, -0.1) is 0 Å². The largest absolute Gasteiger partial charge is 0.316 e. The topological polar surface area (TPSA) is 12.0 Å². The van der Waals surface area contributed by atoms with Crippen molar-refractivity contribution in [1.29, 1.82) is 0 Å². The molecule has 2 atom stereocenters. The number of nitrogens with one attached hydrogen (secondary N) is 1. The van der Waals surface area contributed by atoms with Crippen LogP contribution in [0.15, 0.2) is 0 Å². The Kier molecular flexibility index (Phi) is 7.92. The molecule has 17 heavy (non-hydrogen) atoms. The summed E-state index contributed by atoms with van der Waals surface area (Å²) in [6, 6.07) is 0. The molecule has 1 N–H and O–H groups in total. The molecule has 1 saturated carbocycles. The summed E-state index contributed by atoms with van der Waals surface area (Å²) in [5.74, 6) is 2.88. The molecule has 0 bridgehead atoms. The summed E-state index contributed by atoms with van der Waals surface area (Å²) >= 11 is 0. The Morgan fingerprint density at radius 3 is 2.47 bits per heavy atom. The minimum atomic E-state index is 0.884. The van der Waals surface area contributed by atoms with Gasteiger partial charge in [-0.2, -0.15) is 0 Å². The average molecular weight is 239 g/mol. The molecular weight excluding hydrogens is 206 g/mol. The minimum Gasteiger partial charge on any atom is -0.316 e. The Bertz CT molecular complexity index is 176. The molecule has 0 aromatic heterocycles. The van der Waals surface area contributed by atoms with Crippen molar-refractivity contribution in [3.05, 3.63) is 0 Å². The zero-order chi connectivity index (χ0) is 12.5. The summed E-state index contributed by atoms with van der Waals surface area (Å²) in [7, 11) is 0. The third-order valence-electron chi connectivity index (χ3n) is 4.26. The molecule has 0 amide bonds. The minimum absolute atomic E-state index is 0.884. The summed E-state index contributed by atoms with van der Waals surface area (Å²) in [6.45, 7) is 9.44. The van der Waals surface area contributed by atoms with Crippen LogP contribution in [-0.4, -0.2) is 13.1 Å². The van der Waals surface area contributed by atoms with Gasteiger partial charge in [0, 0.05) is 0 Å². The summed E-state index contributed by atoms with van der Waals surface area (Å²) in [5.41, 5.74) is 0. The fraction of sp³-hybridized carbons (Fsp3) is 1.00. The standard InChI is InChI=1S/C16H33N/c1-4-12-17-13-16-10-6-5-9-15(16)11-7-8-14(2)3/h14-17H,4-13H2,1-3H3. The Balaban J connectivity index is 2.22. The van der Waals surface area contributed by atoms with Gasteiger partial charge >= 0.3 is 0 Å². The summed E-state index contributed by atoms with van der Waals surface area (Å²) < 4.78 is 0. The lowest BCUT2D eigenvalue weighted by Gasteiger charge is -2.32. The lowest BCUT2D eigenvalue weighted by atomic mass is 9.76. The van der Waals surface area contributed by atoms with Crippen LogP contribution in [0.2, 0.25) is 0 Å². The first-order chi connectivity index (χ1) is 8.24. The van der Waals surface area contributed by atoms with Gasteiger partial charge in [-0.25, -0.2) is 0 Å². The van der Waals surface area contributed by atoms with Gasteiger partial charge in [0.05, 0.1) is 0 Å². The average Bonchev–Trinajstić information content (AvgIpc) is 2.31. The van der Waals surface area contributed by atoms with E-state index < -0.39 is 0 Å². The highest BCUT2D eigenvalue weighted by atomic mass is 14.9. The van der Waals surface area contributed by atoms with Crippen molar-refractivity contribution < 1.29 is 0 Å². The summed E-state index contributed by atoms with van der Waals surface area (Å²) in [5, 5.41) is 3.63. The first-order valence-corrected chi connectivity index (χ1v) is 7.94. The smallest absolute Gasteiger partial charge is 0.00179 e. The van der Waals surface area contributed by atoms with E-state index >= 15 is 0 Å². The van der Waals surface area contributed by atoms with E-state index in [0.717, 1.165) is 17.8 Å². The molecule has 0 spiro atoms. The molecule has 102 valence electrons. The second-order valence-corrected chi connectivity index (χ2v) is 6.33. The maximum atomic E-state index is 3.63. The fourth-order valence-corrected chi connectivity index (χ4v) is 3.19. The lowest BCUT2D eigenvalue weighted by Crippen LogP contribution is -2.31. The SMILES string of the molecule is CCCNCC1CCCCC1CCCC(C)C. The van der Waals surface area contributed by atoms with E-state index in [1.165, 1.54) is 64.5 Å². The highest BCUT2D eigenvalue weighted by molar-refractivity contribution is 4.77. The number of hydrogen-bond donors (Lipinski definition) is 1. The quantitative estimate of drug-likeness (QED) is 0.610. The monoisotopic (exact) mass is 239 g/mol. The van der Waals surface area contributed by atoms with Gasteiger partial charge in [0.25, 0.3) is 0 Å². The van der Waals surface area contributed by atoms with Crippen LogP contribution in [0, 0.1) is 17.8 Å². The first-order valence-electron chi connectivity index (χ1n) is 7.94. The molecule has 0 aromatic carbocycles. The maximum Gasteiger partial charge on any atom is -0.00179 e. The zero-order valence-corrected chi connectivity index (χ0v) is 12.3. The van der Waals surface area contributed by atoms with Gasteiger partial charge in [0.2, 0.25) is 0 Å². The molecule has 1 aliphatic rings. The number of rotatable bonds is 8. The van der Waals surface area contributed by atoms with E-state index in [4.69, 9.17) is 0 Å². The molecule has 1 aliphatic carbocycles. The van der Waals surface area contributed by atoms with Crippen molar-refractivity contribution in [3.63, 3.8) is 0 Å². The van der Waals surface area contributed by atoms with Gasteiger partial charge in [-0.3, -0.25) is 0 Å². The molecule has 1 heteroatoms. The number of hydrogen-bond acceptors (Lipinski definition) is 1. The Morgan fingerprint density at radius 1 is 1.12 bits per heavy atom. The van der Waals surface area contributed by atoms with Crippen LogP contribution in [0.5, 0.6) is 0 Å². The van der Waals surface area contributed by atoms with Crippen LogP contribution in [0.3, 0.4) is 0 Å². The van der Waals surface area contributed by atoms with E-state index in [1.54, 1.807) is 0 Å². The molecular formula is C16H33N. The van der Waals surface area contributed by atoms with E-state index in [1.807, 2.05) is 0 Å². The normalized spacial score (nSPS) is 25.4. The lowest BCUT2D eigenvalue weighted by molar-refractivity contribution is 0.211. The third-order valence-corrected chi connectivity index (χ3v) is 4.26. The predicted octanol–water partition coefficient (Wildman–Crippen LogP) is 4.62. The molecule has 1 rings (SSSR count). The van der Waals surface area contributed by atoms with E-state index in [9.17, 15) is 0 Å². The van der Waals surface area contributed by atoms with Crippen molar-refractivity contribution in [1.82, 2.24) is 5.32 Å². The Labute approximate surface area is 109 Å². The molecule has 0 saturated heterocycles. The highest BCUT2D eigenvalue weighted by Gasteiger charge is 2.24. The molecule has 0 aliphatic heterocycles. The van der Waals surface area contributed by atoms with Gasteiger partial charge in [0.1, 0.15) is 0 Å². The van der Waals surface area contributed by atoms with Crippen molar-refractivity contribution in [3.8, 4) is 0 Å². The predicted molar refractivity (Wildman–Crippen MR) is 77.3 cm³/mol. The van der Waals surface area contributed by atoms with Gasteiger partial charge < -0.3 is 5.32 Å². The Hall–Kier alpha value is -0.0400. The van der Waals surface area contributed by atoms with Gasteiger partial charge in [-0.05, 0) is 43.7 Å².